The summed E-state index contributed by atoms with van der Waals surface area (Å²) in [5.74, 6) is -1.53. The molecule has 3 aromatic carbocycles. The molecule has 47 heavy (non-hydrogen) atoms. The van der Waals surface area contributed by atoms with Gasteiger partial charge in [0.25, 0.3) is 17.7 Å². The lowest BCUT2D eigenvalue weighted by atomic mass is 9.77. The van der Waals surface area contributed by atoms with E-state index in [2.05, 4.69) is 10.3 Å². The summed E-state index contributed by atoms with van der Waals surface area (Å²) in [7, 11) is 0. The number of carbonyl (C=O) groups is 3. The largest absolute Gasteiger partial charge is 0.271 e. The van der Waals surface area contributed by atoms with Crippen molar-refractivity contribution in [1.82, 2.24) is 10.0 Å². The molecule has 0 aromatic heterocycles. The van der Waals surface area contributed by atoms with Crippen molar-refractivity contribution in [2.75, 3.05) is 11.4 Å². The number of halogens is 4. The highest BCUT2D eigenvalue weighted by molar-refractivity contribution is 6.36. The minimum Gasteiger partial charge on any atom is -0.271 e. The second-order valence-corrected chi connectivity index (χ2v) is 13.6. The zero-order valence-corrected chi connectivity index (χ0v) is 28.1. The molecule has 0 unspecified atom stereocenters. The van der Waals surface area contributed by atoms with Crippen LogP contribution in [0, 0.1) is 5.92 Å². The monoisotopic (exact) mass is 708 g/mol. The summed E-state index contributed by atoms with van der Waals surface area (Å²) in [5.41, 5.74) is 4.76. The second-order valence-electron chi connectivity index (χ2n) is 11.9. The van der Waals surface area contributed by atoms with Crippen LogP contribution in [0.15, 0.2) is 81.7 Å². The minimum atomic E-state index is -1.03. The van der Waals surface area contributed by atoms with Crippen molar-refractivity contribution >= 4 is 81.6 Å². The maximum absolute atomic E-state index is 14.2. The molecule has 3 heterocycles. The summed E-state index contributed by atoms with van der Waals surface area (Å²) in [6, 6.07) is 15.2. The van der Waals surface area contributed by atoms with E-state index in [-0.39, 0.29) is 12.5 Å². The smallest absolute Gasteiger partial charge is 0.264 e. The number of imide groups is 1. The van der Waals surface area contributed by atoms with Gasteiger partial charge in [0, 0.05) is 26.0 Å². The quantitative estimate of drug-likeness (QED) is 0.243. The standard InChI is InChI=1S/C34H28Cl4N6O3/c1-2-18-6-11-23(12-7-18)43-33(46)30-32(34(43)47)42(41-39-30)17-28(45)44-31(24-13-10-22(36)16-27(24)38)25-5-3-4-20(29(25)40-44)14-19-8-9-21(35)15-26(19)37/h6-16,25,30-32H,2-5,17H2,1H3/b20-14+/t25-,30+,31-,32+/m0/s1. The first-order valence-corrected chi connectivity index (χ1v) is 16.8. The van der Waals surface area contributed by atoms with Gasteiger partial charge in [-0.05, 0) is 90.4 Å². The molecule has 3 aliphatic heterocycles. The summed E-state index contributed by atoms with van der Waals surface area (Å²) >= 11 is 25.6. The first-order chi connectivity index (χ1) is 22.6. The summed E-state index contributed by atoms with van der Waals surface area (Å²) in [5, 5.41) is 17.8. The van der Waals surface area contributed by atoms with Gasteiger partial charge < -0.3 is 0 Å². The molecule has 3 aromatic rings. The van der Waals surface area contributed by atoms with Gasteiger partial charge in [-0.15, -0.1) is 0 Å². The molecule has 1 saturated carbocycles. The number of hydrogen-bond acceptors (Lipinski definition) is 7. The Morgan fingerprint density at radius 1 is 0.915 bits per heavy atom. The number of hydrogen-bond donors (Lipinski definition) is 0. The Hall–Kier alpha value is -3.76. The predicted octanol–water partition coefficient (Wildman–Crippen LogP) is 7.98. The second kappa shape index (κ2) is 12.7. The summed E-state index contributed by atoms with van der Waals surface area (Å²) < 4.78 is 0. The molecule has 1 saturated heterocycles. The highest BCUT2D eigenvalue weighted by atomic mass is 35.5. The van der Waals surface area contributed by atoms with Crippen LogP contribution >= 0.6 is 46.4 Å². The average molecular weight is 710 g/mol. The van der Waals surface area contributed by atoms with E-state index in [9.17, 15) is 14.4 Å². The predicted molar refractivity (Wildman–Crippen MR) is 183 cm³/mol. The van der Waals surface area contributed by atoms with Gasteiger partial charge in [-0.25, -0.2) is 9.91 Å². The lowest BCUT2D eigenvalue weighted by Crippen LogP contribution is -2.45. The molecule has 4 aliphatic rings. The van der Waals surface area contributed by atoms with E-state index in [0.717, 1.165) is 53.0 Å². The molecular formula is C34H28Cl4N6O3. The Balaban J connectivity index is 1.20. The molecule has 0 bridgehead atoms. The normalized spacial score (nSPS) is 24.3. The molecule has 0 radical (unpaired) electrons. The minimum absolute atomic E-state index is 0.159. The molecule has 7 rings (SSSR count). The van der Waals surface area contributed by atoms with E-state index in [1.54, 1.807) is 36.4 Å². The molecule has 4 atom stereocenters. The maximum atomic E-state index is 14.2. The molecule has 0 spiro atoms. The number of hydrazone groups is 1. The van der Waals surface area contributed by atoms with Crippen molar-refractivity contribution in [3.8, 4) is 0 Å². The zero-order chi connectivity index (χ0) is 33.0. The Kier molecular flexibility index (Phi) is 8.59. The highest BCUT2D eigenvalue weighted by Gasteiger charge is 2.55. The number of aryl methyl sites for hydroxylation is 1. The van der Waals surface area contributed by atoms with Crippen LogP contribution in [0.3, 0.4) is 0 Å². The van der Waals surface area contributed by atoms with Gasteiger partial charge in [-0.2, -0.15) is 10.2 Å². The van der Waals surface area contributed by atoms with Crippen molar-refractivity contribution in [1.29, 1.82) is 0 Å². The van der Waals surface area contributed by atoms with Crippen molar-refractivity contribution in [2.24, 2.45) is 21.4 Å². The number of nitrogens with zero attached hydrogens (tertiary/aromatic N) is 6. The lowest BCUT2D eigenvalue weighted by Gasteiger charge is -2.31. The summed E-state index contributed by atoms with van der Waals surface area (Å²) in [4.78, 5) is 42.3. The van der Waals surface area contributed by atoms with Gasteiger partial charge >= 0.3 is 0 Å². The van der Waals surface area contributed by atoms with Gasteiger partial charge in [0.05, 0.1) is 17.4 Å². The zero-order valence-electron chi connectivity index (χ0n) is 25.1. The topological polar surface area (TPSA) is 98.0 Å². The fraction of sp³-hybridized carbons (Fsp3) is 0.294. The summed E-state index contributed by atoms with van der Waals surface area (Å²) in [6.07, 6.45) is 5.19. The first-order valence-electron chi connectivity index (χ1n) is 15.3. The van der Waals surface area contributed by atoms with Crippen molar-refractivity contribution < 1.29 is 14.4 Å². The van der Waals surface area contributed by atoms with Crippen molar-refractivity contribution in [3.63, 3.8) is 0 Å². The first kappa shape index (κ1) is 31.8. The number of anilines is 1. The fourth-order valence-electron chi connectivity index (χ4n) is 6.76. The van der Waals surface area contributed by atoms with Gasteiger partial charge in [0.15, 0.2) is 12.1 Å². The molecule has 0 N–H and O–H groups in total. The third-order valence-electron chi connectivity index (χ3n) is 9.09. The van der Waals surface area contributed by atoms with Crippen LogP contribution < -0.4 is 4.90 Å². The average Bonchev–Trinajstić information content (AvgIpc) is 3.72. The third kappa shape index (κ3) is 5.73. The van der Waals surface area contributed by atoms with Crippen LogP contribution in [0.25, 0.3) is 6.08 Å². The van der Waals surface area contributed by atoms with Crippen molar-refractivity contribution in [3.05, 3.63) is 103 Å². The molecular weight excluding hydrogens is 682 g/mol. The molecule has 9 nitrogen and oxygen atoms in total. The van der Waals surface area contributed by atoms with E-state index in [1.807, 2.05) is 37.3 Å². The number of allylic oxidation sites excluding steroid dienone is 1. The van der Waals surface area contributed by atoms with Gasteiger partial charge in [-0.1, -0.05) is 82.8 Å². The van der Waals surface area contributed by atoms with E-state index in [1.165, 1.54) is 10.0 Å². The van der Waals surface area contributed by atoms with Gasteiger partial charge in [-0.3, -0.25) is 19.4 Å². The number of benzene rings is 3. The Morgan fingerprint density at radius 2 is 1.64 bits per heavy atom. The van der Waals surface area contributed by atoms with Crippen molar-refractivity contribution in [2.45, 2.75) is 50.7 Å². The number of fused-ring (bicyclic) bond motifs is 2. The van der Waals surface area contributed by atoms with E-state index < -0.39 is 35.8 Å². The molecule has 240 valence electrons. The van der Waals surface area contributed by atoms with Crippen LogP contribution in [0.4, 0.5) is 5.69 Å². The number of rotatable bonds is 6. The SMILES string of the molecule is CCc1ccc(N2C(=O)[C@@H]3N=NN(CC(=O)N4N=C5/C(=C/c6ccc(Cl)cc6Cl)CCC[C@@H]5[C@@H]4c4ccc(Cl)cc4Cl)[C@H]3C2=O)cc1. The molecule has 13 heteroatoms. The van der Waals surface area contributed by atoms with Crippen LogP contribution in [0.1, 0.15) is 48.9 Å². The van der Waals surface area contributed by atoms with E-state index in [0.29, 0.717) is 31.3 Å². The Labute approximate surface area is 291 Å². The molecule has 2 fully saturated rings. The highest BCUT2D eigenvalue weighted by Crippen LogP contribution is 2.47. The van der Waals surface area contributed by atoms with Gasteiger partial charge in [0.2, 0.25) is 0 Å². The van der Waals surface area contributed by atoms with E-state index >= 15 is 0 Å². The molecule has 1 aliphatic carbocycles. The summed E-state index contributed by atoms with van der Waals surface area (Å²) in [6.45, 7) is 1.71. The van der Waals surface area contributed by atoms with Crippen LogP contribution in [0.2, 0.25) is 20.1 Å². The molecule has 3 amide bonds. The van der Waals surface area contributed by atoms with Crippen LogP contribution in [0.5, 0.6) is 0 Å². The van der Waals surface area contributed by atoms with Crippen LogP contribution in [-0.2, 0) is 20.8 Å². The lowest BCUT2D eigenvalue weighted by molar-refractivity contribution is -0.136. The third-order valence-corrected chi connectivity index (χ3v) is 10.2. The maximum Gasteiger partial charge on any atom is 0.264 e. The number of amides is 3. The Morgan fingerprint density at radius 3 is 2.34 bits per heavy atom. The fourth-order valence-corrected chi connectivity index (χ4v) is 7.75. The Bertz CT molecular complexity index is 1890. The van der Waals surface area contributed by atoms with E-state index in [4.69, 9.17) is 51.5 Å². The van der Waals surface area contributed by atoms with Gasteiger partial charge in [0.1, 0.15) is 6.54 Å². The van der Waals surface area contributed by atoms with Crippen LogP contribution in [-0.4, -0.2) is 52.1 Å². The number of carbonyl (C=O) groups excluding carboxylic acids is 3.